The Morgan fingerprint density at radius 1 is 1.19 bits per heavy atom. The van der Waals surface area contributed by atoms with Crippen molar-refractivity contribution in [2.24, 2.45) is 0 Å². The number of sulfonamides is 1. The highest BCUT2D eigenvalue weighted by Crippen LogP contribution is 2.25. The van der Waals surface area contributed by atoms with Gasteiger partial charge in [-0.15, -0.1) is 5.10 Å². The SMILES string of the molecule is Cc1ccnc2nc(C(=O)Nc3ccc(N4CCCS4(=O)=O)cc3)nn12. The first kappa shape index (κ1) is 16.5. The van der Waals surface area contributed by atoms with Crippen molar-refractivity contribution in [3.05, 3.63) is 48.0 Å². The minimum Gasteiger partial charge on any atom is -0.319 e. The molecule has 0 atom stereocenters. The lowest BCUT2D eigenvalue weighted by Gasteiger charge is -2.17. The Bertz CT molecular complexity index is 1090. The quantitative estimate of drug-likeness (QED) is 0.740. The molecule has 2 aromatic heterocycles. The third kappa shape index (κ3) is 2.88. The second kappa shape index (κ2) is 6.06. The van der Waals surface area contributed by atoms with E-state index in [-0.39, 0.29) is 11.6 Å². The number of carbonyl (C=O) groups excluding carboxylic acids is 1. The van der Waals surface area contributed by atoms with Crippen molar-refractivity contribution in [1.29, 1.82) is 0 Å². The Morgan fingerprint density at radius 3 is 2.62 bits per heavy atom. The molecule has 0 radical (unpaired) electrons. The molecule has 0 unspecified atom stereocenters. The summed E-state index contributed by atoms with van der Waals surface area (Å²) < 4.78 is 26.8. The van der Waals surface area contributed by atoms with Crippen molar-refractivity contribution in [3.63, 3.8) is 0 Å². The average molecular weight is 372 g/mol. The maximum Gasteiger partial charge on any atom is 0.295 e. The van der Waals surface area contributed by atoms with Crippen molar-refractivity contribution in [2.45, 2.75) is 13.3 Å². The van der Waals surface area contributed by atoms with Crippen molar-refractivity contribution in [1.82, 2.24) is 19.6 Å². The summed E-state index contributed by atoms with van der Waals surface area (Å²) in [5.74, 6) is 0.0672. The third-order valence-corrected chi connectivity index (χ3v) is 6.01. The van der Waals surface area contributed by atoms with E-state index < -0.39 is 15.9 Å². The molecule has 26 heavy (non-hydrogen) atoms. The fraction of sp³-hybridized carbons (Fsp3) is 0.250. The van der Waals surface area contributed by atoms with E-state index in [0.29, 0.717) is 30.1 Å². The van der Waals surface area contributed by atoms with Crippen LogP contribution in [-0.4, -0.2) is 46.2 Å². The smallest absolute Gasteiger partial charge is 0.295 e. The topological polar surface area (TPSA) is 110 Å². The van der Waals surface area contributed by atoms with Crippen LogP contribution in [0.4, 0.5) is 11.4 Å². The van der Waals surface area contributed by atoms with Crippen LogP contribution in [-0.2, 0) is 10.0 Å². The normalized spacial score (nSPS) is 16.1. The number of amides is 1. The van der Waals surface area contributed by atoms with Crippen LogP contribution in [0.2, 0.25) is 0 Å². The molecule has 1 aliphatic heterocycles. The fourth-order valence-corrected chi connectivity index (χ4v) is 4.39. The molecule has 1 aliphatic rings. The minimum atomic E-state index is -3.22. The predicted molar refractivity (Wildman–Crippen MR) is 95.7 cm³/mol. The van der Waals surface area contributed by atoms with Crippen LogP contribution in [0.1, 0.15) is 22.7 Å². The molecule has 1 N–H and O–H groups in total. The number of fused-ring (bicyclic) bond motifs is 1. The number of aromatic nitrogens is 4. The monoisotopic (exact) mass is 372 g/mol. The maximum atomic E-state index is 12.4. The second-order valence-corrected chi connectivity index (χ2v) is 7.99. The molecule has 1 saturated heterocycles. The van der Waals surface area contributed by atoms with Gasteiger partial charge in [0.1, 0.15) is 0 Å². The summed E-state index contributed by atoms with van der Waals surface area (Å²) in [4.78, 5) is 20.5. The van der Waals surface area contributed by atoms with Gasteiger partial charge in [-0.25, -0.2) is 17.9 Å². The zero-order chi connectivity index (χ0) is 18.3. The highest BCUT2D eigenvalue weighted by Gasteiger charge is 2.28. The Balaban J connectivity index is 1.53. The highest BCUT2D eigenvalue weighted by molar-refractivity contribution is 7.93. The minimum absolute atomic E-state index is 0.0120. The van der Waals surface area contributed by atoms with Gasteiger partial charge >= 0.3 is 0 Å². The first-order valence-corrected chi connectivity index (χ1v) is 9.65. The number of hydrogen-bond donors (Lipinski definition) is 1. The molecule has 0 saturated carbocycles. The summed E-state index contributed by atoms with van der Waals surface area (Å²) in [5.41, 5.74) is 1.93. The summed E-state index contributed by atoms with van der Waals surface area (Å²) in [5, 5.41) is 6.86. The number of nitrogens with one attached hydrogen (secondary N) is 1. The summed E-state index contributed by atoms with van der Waals surface area (Å²) in [6, 6.07) is 8.41. The van der Waals surface area contributed by atoms with Gasteiger partial charge < -0.3 is 5.32 Å². The van der Waals surface area contributed by atoms with E-state index in [9.17, 15) is 13.2 Å². The van der Waals surface area contributed by atoms with Crippen LogP contribution in [0.25, 0.3) is 5.78 Å². The Kier molecular flexibility index (Phi) is 3.83. The van der Waals surface area contributed by atoms with Crippen LogP contribution >= 0.6 is 0 Å². The molecule has 1 fully saturated rings. The Labute approximate surface area is 149 Å². The van der Waals surface area contributed by atoms with Crippen LogP contribution in [0, 0.1) is 6.92 Å². The molecule has 4 rings (SSSR count). The number of nitrogens with zero attached hydrogens (tertiary/aromatic N) is 5. The number of carbonyl (C=O) groups is 1. The number of aryl methyl sites for hydroxylation is 1. The van der Waals surface area contributed by atoms with E-state index >= 15 is 0 Å². The first-order valence-electron chi connectivity index (χ1n) is 8.04. The molecule has 0 bridgehead atoms. The van der Waals surface area contributed by atoms with Gasteiger partial charge in [-0.1, -0.05) is 0 Å². The number of anilines is 2. The van der Waals surface area contributed by atoms with Gasteiger partial charge in [0, 0.05) is 24.1 Å². The van der Waals surface area contributed by atoms with Crippen molar-refractivity contribution < 1.29 is 13.2 Å². The van der Waals surface area contributed by atoms with E-state index in [1.807, 2.05) is 6.92 Å². The van der Waals surface area contributed by atoms with Gasteiger partial charge in [-0.2, -0.15) is 4.98 Å². The van der Waals surface area contributed by atoms with E-state index in [2.05, 4.69) is 20.4 Å². The van der Waals surface area contributed by atoms with Crippen LogP contribution in [0.5, 0.6) is 0 Å². The largest absolute Gasteiger partial charge is 0.319 e. The summed E-state index contributed by atoms with van der Waals surface area (Å²) >= 11 is 0. The van der Waals surface area contributed by atoms with Crippen LogP contribution in [0.3, 0.4) is 0 Å². The number of rotatable bonds is 3. The predicted octanol–water partition coefficient (Wildman–Crippen LogP) is 1.22. The lowest BCUT2D eigenvalue weighted by atomic mass is 10.2. The third-order valence-electron chi connectivity index (χ3n) is 4.15. The summed E-state index contributed by atoms with van der Waals surface area (Å²) in [7, 11) is -3.22. The maximum absolute atomic E-state index is 12.4. The van der Waals surface area contributed by atoms with E-state index in [1.54, 1.807) is 36.5 Å². The average Bonchev–Trinajstić information content (AvgIpc) is 3.19. The van der Waals surface area contributed by atoms with Crippen LogP contribution < -0.4 is 9.62 Å². The molecular formula is C16H16N6O3S. The van der Waals surface area contributed by atoms with Gasteiger partial charge in [0.05, 0.1) is 11.4 Å². The molecule has 134 valence electrons. The lowest BCUT2D eigenvalue weighted by Crippen LogP contribution is -2.25. The van der Waals surface area contributed by atoms with Gasteiger partial charge in [-0.05, 0) is 43.7 Å². The van der Waals surface area contributed by atoms with Gasteiger partial charge in [0.15, 0.2) is 0 Å². The molecule has 0 aliphatic carbocycles. The van der Waals surface area contributed by atoms with Gasteiger partial charge in [0.2, 0.25) is 15.8 Å². The van der Waals surface area contributed by atoms with Crippen molar-refractivity contribution in [3.8, 4) is 0 Å². The standard InChI is InChI=1S/C16H16N6O3S/c1-11-7-8-17-16-19-14(20-22(11)16)15(23)18-12-3-5-13(6-4-12)21-9-2-10-26(21,24)25/h3-8H,2,9-10H2,1H3,(H,18,23). The Hall–Kier alpha value is -3.01. The number of hydrogen-bond acceptors (Lipinski definition) is 6. The first-order chi connectivity index (χ1) is 12.4. The van der Waals surface area contributed by atoms with Gasteiger partial charge in [-0.3, -0.25) is 9.10 Å². The molecule has 3 heterocycles. The zero-order valence-electron chi connectivity index (χ0n) is 14.0. The van der Waals surface area contributed by atoms with E-state index in [0.717, 1.165) is 5.69 Å². The van der Waals surface area contributed by atoms with Crippen LogP contribution in [0.15, 0.2) is 36.5 Å². The molecular weight excluding hydrogens is 356 g/mol. The molecule has 1 amide bonds. The molecule has 9 nitrogen and oxygen atoms in total. The van der Waals surface area contributed by atoms with Crippen molar-refractivity contribution in [2.75, 3.05) is 21.9 Å². The molecule has 1 aromatic carbocycles. The van der Waals surface area contributed by atoms with Crippen molar-refractivity contribution >= 4 is 33.1 Å². The molecule has 3 aromatic rings. The van der Waals surface area contributed by atoms with E-state index in [1.165, 1.54) is 8.82 Å². The lowest BCUT2D eigenvalue weighted by molar-refractivity contribution is 0.101. The summed E-state index contributed by atoms with van der Waals surface area (Å²) in [6.07, 6.45) is 2.22. The summed E-state index contributed by atoms with van der Waals surface area (Å²) in [6.45, 7) is 2.32. The molecule has 10 heteroatoms. The van der Waals surface area contributed by atoms with Gasteiger partial charge in [0.25, 0.3) is 11.7 Å². The highest BCUT2D eigenvalue weighted by atomic mass is 32.2. The fourth-order valence-electron chi connectivity index (χ4n) is 2.83. The second-order valence-electron chi connectivity index (χ2n) is 5.98. The Morgan fingerprint density at radius 2 is 1.96 bits per heavy atom. The number of benzene rings is 1. The molecule has 0 spiro atoms. The zero-order valence-corrected chi connectivity index (χ0v) is 14.8. The van der Waals surface area contributed by atoms with E-state index in [4.69, 9.17) is 0 Å².